The maximum Gasteiger partial charge on any atom is 0.271 e. The number of hydrogen-bond donors (Lipinski definition) is 2. The Morgan fingerprint density at radius 3 is 2.54 bits per heavy atom. The molecule has 0 radical (unpaired) electrons. The quantitative estimate of drug-likeness (QED) is 0.894. The zero-order valence-corrected chi connectivity index (χ0v) is 13.4. The number of benzene rings is 1. The van der Waals surface area contributed by atoms with Crippen molar-refractivity contribution in [1.82, 2.24) is 15.1 Å². The first-order valence-electron chi connectivity index (χ1n) is 8.24. The maximum absolute atomic E-state index is 12.3. The van der Waals surface area contributed by atoms with Gasteiger partial charge in [-0.1, -0.05) is 37.5 Å². The summed E-state index contributed by atoms with van der Waals surface area (Å²) in [6.07, 6.45) is 4.47. The zero-order chi connectivity index (χ0) is 17.0. The second-order valence-corrected chi connectivity index (χ2v) is 6.27. The van der Waals surface area contributed by atoms with E-state index in [0.717, 1.165) is 19.3 Å². The summed E-state index contributed by atoms with van der Waals surface area (Å²) in [6, 6.07) is 11.7. The van der Waals surface area contributed by atoms with Crippen LogP contribution in [0.2, 0.25) is 0 Å². The third-order valence-electron chi connectivity index (χ3n) is 4.40. The number of nitrogens with one attached hydrogen (secondary N) is 1. The number of rotatable bonds is 4. The summed E-state index contributed by atoms with van der Waals surface area (Å²) in [7, 11) is 0. The number of amides is 1. The standard InChI is InChI=1S/C18H21N3O3/c22-16-10-9-15(20-21(16)14-7-3-1-4-8-14)17(23)19-13-18(24)11-5-2-6-12-18/h1,3-4,7-10,24H,2,5-6,11-13H2,(H,19,23). The molecule has 1 saturated carbocycles. The van der Waals surface area contributed by atoms with E-state index in [1.54, 1.807) is 24.3 Å². The first-order chi connectivity index (χ1) is 11.6. The highest BCUT2D eigenvalue weighted by atomic mass is 16.3. The van der Waals surface area contributed by atoms with Gasteiger partial charge in [0.2, 0.25) is 0 Å². The third-order valence-corrected chi connectivity index (χ3v) is 4.40. The van der Waals surface area contributed by atoms with Gasteiger partial charge in [0.05, 0.1) is 11.3 Å². The van der Waals surface area contributed by atoms with Gasteiger partial charge in [-0.2, -0.15) is 9.78 Å². The fraction of sp³-hybridized carbons (Fsp3) is 0.389. The lowest BCUT2D eigenvalue weighted by Gasteiger charge is -2.32. The first kappa shape index (κ1) is 16.4. The van der Waals surface area contributed by atoms with Gasteiger partial charge in [0, 0.05) is 12.6 Å². The lowest BCUT2D eigenvalue weighted by atomic mass is 9.85. The Morgan fingerprint density at radius 2 is 1.83 bits per heavy atom. The number of nitrogens with zero attached hydrogens (tertiary/aromatic N) is 2. The molecule has 2 N–H and O–H groups in total. The van der Waals surface area contributed by atoms with Crippen molar-refractivity contribution in [2.75, 3.05) is 6.54 Å². The number of hydrogen-bond acceptors (Lipinski definition) is 4. The maximum atomic E-state index is 12.3. The molecule has 6 nitrogen and oxygen atoms in total. The Balaban J connectivity index is 1.75. The number of carbonyl (C=O) groups is 1. The Kier molecular flexibility index (Phi) is 4.76. The fourth-order valence-corrected chi connectivity index (χ4v) is 3.01. The van der Waals surface area contributed by atoms with Gasteiger partial charge in [-0.05, 0) is 31.0 Å². The molecule has 0 bridgehead atoms. The van der Waals surface area contributed by atoms with Gasteiger partial charge in [0.15, 0.2) is 0 Å². The van der Waals surface area contributed by atoms with E-state index in [2.05, 4.69) is 10.4 Å². The number of aliphatic hydroxyl groups is 1. The van der Waals surface area contributed by atoms with Crippen molar-refractivity contribution in [2.45, 2.75) is 37.7 Å². The monoisotopic (exact) mass is 327 g/mol. The summed E-state index contributed by atoms with van der Waals surface area (Å²) >= 11 is 0. The Morgan fingerprint density at radius 1 is 1.12 bits per heavy atom. The molecular formula is C18H21N3O3. The molecule has 6 heteroatoms. The molecule has 1 fully saturated rings. The van der Waals surface area contributed by atoms with Crippen LogP contribution in [0.25, 0.3) is 5.69 Å². The number of para-hydroxylation sites is 1. The van der Waals surface area contributed by atoms with E-state index >= 15 is 0 Å². The SMILES string of the molecule is O=C(NCC1(O)CCCCC1)c1ccc(=O)n(-c2ccccc2)n1. The summed E-state index contributed by atoms with van der Waals surface area (Å²) < 4.78 is 1.20. The van der Waals surface area contributed by atoms with E-state index in [0.29, 0.717) is 18.5 Å². The van der Waals surface area contributed by atoms with E-state index in [1.165, 1.54) is 16.8 Å². The molecule has 24 heavy (non-hydrogen) atoms. The summed E-state index contributed by atoms with van der Waals surface area (Å²) in [4.78, 5) is 24.3. The van der Waals surface area contributed by atoms with Crippen molar-refractivity contribution in [3.05, 3.63) is 58.5 Å². The van der Waals surface area contributed by atoms with Crippen LogP contribution in [0.4, 0.5) is 0 Å². The highest BCUT2D eigenvalue weighted by Gasteiger charge is 2.29. The van der Waals surface area contributed by atoms with E-state index < -0.39 is 11.5 Å². The lowest BCUT2D eigenvalue weighted by molar-refractivity contribution is 0.00519. The van der Waals surface area contributed by atoms with Crippen molar-refractivity contribution in [1.29, 1.82) is 0 Å². The smallest absolute Gasteiger partial charge is 0.271 e. The van der Waals surface area contributed by atoms with Gasteiger partial charge in [0.25, 0.3) is 11.5 Å². The van der Waals surface area contributed by atoms with Crippen molar-refractivity contribution < 1.29 is 9.90 Å². The average molecular weight is 327 g/mol. The Labute approximate surface area is 140 Å². The average Bonchev–Trinajstić information content (AvgIpc) is 2.61. The topological polar surface area (TPSA) is 84.2 Å². The minimum atomic E-state index is -0.832. The van der Waals surface area contributed by atoms with Crippen molar-refractivity contribution in [3.8, 4) is 5.69 Å². The van der Waals surface area contributed by atoms with Gasteiger partial charge in [-0.3, -0.25) is 9.59 Å². The molecule has 0 spiro atoms. The third kappa shape index (κ3) is 3.71. The highest BCUT2D eigenvalue weighted by molar-refractivity contribution is 5.92. The van der Waals surface area contributed by atoms with Crippen LogP contribution in [0.15, 0.2) is 47.3 Å². The van der Waals surface area contributed by atoms with Gasteiger partial charge < -0.3 is 10.4 Å². The van der Waals surface area contributed by atoms with Gasteiger partial charge in [0.1, 0.15) is 5.69 Å². The molecule has 1 aliphatic rings. The lowest BCUT2D eigenvalue weighted by Crippen LogP contribution is -2.44. The van der Waals surface area contributed by atoms with Crippen molar-refractivity contribution in [3.63, 3.8) is 0 Å². The number of aromatic nitrogens is 2. The molecule has 1 heterocycles. The molecular weight excluding hydrogens is 306 g/mol. The molecule has 0 saturated heterocycles. The van der Waals surface area contributed by atoms with Crippen LogP contribution in [0.5, 0.6) is 0 Å². The molecule has 0 unspecified atom stereocenters. The zero-order valence-electron chi connectivity index (χ0n) is 13.4. The summed E-state index contributed by atoms with van der Waals surface area (Å²) in [5.41, 5.74) is -0.383. The van der Waals surface area contributed by atoms with Crippen LogP contribution in [-0.4, -0.2) is 32.9 Å². The first-order valence-corrected chi connectivity index (χ1v) is 8.24. The van der Waals surface area contributed by atoms with Crippen LogP contribution in [0.1, 0.15) is 42.6 Å². The molecule has 3 rings (SSSR count). The summed E-state index contributed by atoms with van der Waals surface area (Å²) in [5.74, 6) is -0.390. The Hall–Kier alpha value is -2.47. The molecule has 1 aliphatic carbocycles. The van der Waals surface area contributed by atoms with E-state index in [9.17, 15) is 14.7 Å². The minimum Gasteiger partial charge on any atom is -0.388 e. The van der Waals surface area contributed by atoms with Gasteiger partial charge in [-0.25, -0.2) is 0 Å². The summed E-state index contributed by atoms with van der Waals surface area (Å²) in [5, 5.41) is 17.3. The Bertz CT molecular complexity index is 765. The molecule has 1 aromatic carbocycles. The molecule has 0 aliphatic heterocycles. The predicted octanol–water partition coefficient (Wildman–Crippen LogP) is 1.66. The van der Waals surface area contributed by atoms with Gasteiger partial charge in [-0.15, -0.1) is 0 Å². The normalized spacial score (nSPS) is 16.5. The predicted molar refractivity (Wildman–Crippen MR) is 90.2 cm³/mol. The van der Waals surface area contributed by atoms with Crippen LogP contribution < -0.4 is 10.9 Å². The minimum absolute atomic E-state index is 0.151. The number of carbonyl (C=O) groups excluding carboxylic acids is 1. The van der Waals surface area contributed by atoms with Crippen LogP contribution in [0.3, 0.4) is 0 Å². The van der Waals surface area contributed by atoms with E-state index in [-0.39, 0.29) is 17.8 Å². The molecule has 0 atom stereocenters. The molecule has 1 amide bonds. The van der Waals surface area contributed by atoms with Crippen molar-refractivity contribution in [2.24, 2.45) is 0 Å². The second kappa shape index (κ2) is 6.97. The molecule has 1 aromatic heterocycles. The van der Waals surface area contributed by atoms with Crippen LogP contribution >= 0.6 is 0 Å². The highest BCUT2D eigenvalue weighted by Crippen LogP contribution is 2.27. The second-order valence-electron chi connectivity index (χ2n) is 6.27. The summed E-state index contributed by atoms with van der Waals surface area (Å²) in [6.45, 7) is 0.206. The fourth-order valence-electron chi connectivity index (χ4n) is 3.01. The van der Waals surface area contributed by atoms with Gasteiger partial charge >= 0.3 is 0 Å². The van der Waals surface area contributed by atoms with Crippen molar-refractivity contribution >= 4 is 5.91 Å². The van der Waals surface area contributed by atoms with Crippen LogP contribution in [0, 0.1) is 0 Å². The van der Waals surface area contributed by atoms with E-state index in [1.807, 2.05) is 6.07 Å². The molecule has 126 valence electrons. The van der Waals surface area contributed by atoms with E-state index in [4.69, 9.17) is 0 Å². The molecule has 2 aromatic rings. The largest absolute Gasteiger partial charge is 0.388 e. The van der Waals surface area contributed by atoms with Crippen LogP contribution in [-0.2, 0) is 0 Å².